The Labute approximate surface area is 257 Å². The minimum absolute atomic E-state index is 0.00284. The fourth-order valence-corrected chi connectivity index (χ4v) is 6.02. The van der Waals surface area contributed by atoms with Crippen LogP contribution in [-0.2, 0) is 24.3 Å². The van der Waals surface area contributed by atoms with Gasteiger partial charge >= 0.3 is 0 Å². The summed E-state index contributed by atoms with van der Waals surface area (Å²) in [5, 5.41) is 0.796. The number of alkyl halides is 2. The third kappa shape index (κ3) is 5.92. The number of hydrogen-bond acceptors (Lipinski definition) is 5. The lowest BCUT2D eigenvalue weighted by Crippen LogP contribution is -2.42. The predicted octanol–water partition coefficient (Wildman–Crippen LogP) is 7.04. The summed E-state index contributed by atoms with van der Waals surface area (Å²) in [6.07, 6.45) is 5.00. The molecule has 5 aromatic rings. The highest BCUT2D eigenvalue weighted by molar-refractivity contribution is 5.97. The number of hydrogen-bond donors (Lipinski definition) is 0. The van der Waals surface area contributed by atoms with Gasteiger partial charge in [0.2, 0.25) is 5.91 Å². The summed E-state index contributed by atoms with van der Waals surface area (Å²) in [6, 6.07) is 17.2. The molecule has 0 unspecified atom stereocenters. The van der Waals surface area contributed by atoms with Gasteiger partial charge in [0.25, 0.3) is 11.8 Å². The van der Waals surface area contributed by atoms with E-state index in [1.807, 2.05) is 29.2 Å². The topological polar surface area (TPSA) is 79.5 Å². The third-order valence-electron chi connectivity index (χ3n) is 8.58. The number of furan rings is 1. The fourth-order valence-electron chi connectivity index (χ4n) is 6.02. The molecule has 0 bridgehead atoms. The molecule has 3 aromatic heterocycles. The van der Waals surface area contributed by atoms with E-state index in [1.165, 1.54) is 23.2 Å². The van der Waals surface area contributed by atoms with Gasteiger partial charge in [0, 0.05) is 87.0 Å². The molecule has 2 aliphatic rings. The number of fused-ring (bicyclic) bond motifs is 2. The van der Waals surface area contributed by atoms with Gasteiger partial charge in [-0.15, -0.1) is 0 Å². The van der Waals surface area contributed by atoms with Crippen LogP contribution in [-0.4, -0.2) is 50.6 Å². The zero-order chi connectivity index (χ0) is 31.1. The molecule has 0 saturated carbocycles. The molecular formula is C35H29F3N4O3. The SMILES string of the molecule is O=C(CCc1cc2cc(-c3ccc(C(=O)N4CCC(F)(F)CC4)cn3)cc(-c3ccc(F)cc3)c2o1)N1Cc2ccncc2C1. The maximum atomic E-state index is 13.8. The summed E-state index contributed by atoms with van der Waals surface area (Å²) in [4.78, 5) is 37.9. The summed E-state index contributed by atoms with van der Waals surface area (Å²) in [7, 11) is 0. The zero-order valence-electron chi connectivity index (χ0n) is 24.3. The fraction of sp³-hybridized carbons (Fsp3) is 0.257. The van der Waals surface area contributed by atoms with Gasteiger partial charge in [-0.3, -0.25) is 19.6 Å². The van der Waals surface area contributed by atoms with Crippen molar-refractivity contribution in [3.05, 3.63) is 108 Å². The van der Waals surface area contributed by atoms with Crippen molar-refractivity contribution in [1.82, 2.24) is 19.8 Å². The standard InChI is InChI=1S/C35H29F3N4O3/c36-28-4-1-22(2-5-28)30-17-25(31-7-3-23(19-40-31)34(44)41-13-10-35(37,38)11-14-41)15-26-16-29(45-33(26)30)6-8-32(43)42-20-24-9-12-39-18-27(24)21-42/h1-5,7,9,12,15-19H,6,8,10-11,13-14,20-21H2. The molecule has 228 valence electrons. The van der Waals surface area contributed by atoms with E-state index >= 15 is 0 Å². The first-order chi connectivity index (χ1) is 21.7. The number of piperidine rings is 1. The molecule has 1 fully saturated rings. The summed E-state index contributed by atoms with van der Waals surface area (Å²) in [6.45, 7) is 1.12. The molecule has 0 radical (unpaired) electrons. The van der Waals surface area contributed by atoms with Crippen LogP contribution in [0.5, 0.6) is 0 Å². The number of amides is 2. The molecule has 0 spiro atoms. The van der Waals surface area contributed by atoms with Crippen molar-refractivity contribution in [1.29, 1.82) is 0 Å². The van der Waals surface area contributed by atoms with Gasteiger partial charge in [0.05, 0.1) is 11.3 Å². The lowest BCUT2D eigenvalue weighted by molar-refractivity contribution is -0.131. The molecule has 5 heterocycles. The Bertz CT molecular complexity index is 1870. The minimum atomic E-state index is -2.74. The van der Waals surface area contributed by atoms with Gasteiger partial charge in [0.1, 0.15) is 17.2 Å². The molecule has 2 aromatic carbocycles. The number of halogens is 3. The van der Waals surface area contributed by atoms with Crippen LogP contribution in [0.1, 0.15) is 46.5 Å². The number of carbonyl (C=O) groups is 2. The molecule has 0 atom stereocenters. The predicted molar refractivity (Wildman–Crippen MR) is 162 cm³/mol. The number of aryl methyl sites for hydroxylation is 1. The Kier molecular flexibility index (Phi) is 7.35. The maximum Gasteiger partial charge on any atom is 0.255 e. The Balaban J connectivity index is 1.14. The first kappa shape index (κ1) is 28.8. The Morgan fingerprint density at radius 2 is 1.64 bits per heavy atom. The third-order valence-corrected chi connectivity index (χ3v) is 8.58. The Hall–Kier alpha value is -4.99. The van der Waals surface area contributed by atoms with Crippen LogP contribution in [0.4, 0.5) is 13.2 Å². The van der Waals surface area contributed by atoms with Crippen molar-refractivity contribution in [3.8, 4) is 22.4 Å². The summed E-state index contributed by atoms with van der Waals surface area (Å²) in [5.74, 6) is -2.73. The summed E-state index contributed by atoms with van der Waals surface area (Å²) >= 11 is 0. The second-order valence-corrected chi connectivity index (χ2v) is 11.6. The monoisotopic (exact) mass is 610 g/mol. The largest absolute Gasteiger partial charge is 0.460 e. The van der Waals surface area contributed by atoms with E-state index in [9.17, 15) is 22.8 Å². The second kappa shape index (κ2) is 11.5. The Morgan fingerprint density at radius 1 is 0.867 bits per heavy atom. The van der Waals surface area contributed by atoms with Crippen molar-refractivity contribution in [2.75, 3.05) is 13.1 Å². The normalized spacial score (nSPS) is 15.8. The summed E-state index contributed by atoms with van der Waals surface area (Å²) < 4.78 is 47.2. The molecule has 7 nitrogen and oxygen atoms in total. The van der Waals surface area contributed by atoms with Crippen LogP contribution in [0.15, 0.2) is 83.7 Å². The van der Waals surface area contributed by atoms with Crippen molar-refractivity contribution >= 4 is 22.8 Å². The molecule has 1 saturated heterocycles. The van der Waals surface area contributed by atoms with Crippen molar-refractivity contribution in [2.45, 2.75) is 44.7 Å². The van der Waals surface area contributed by atoms with E-state index in [0.29, 0.717) is 42.1 Å². The van der Waals surface area contributed by atoms with Crippen LogP contribution < -0.4 is 0 Å². The van der Waals surface area contributed by atoms with E-state index in [0.717, 1.165) is 33.2 Å². The Morgan fingerprint density at radius 3 is 2.38 bits per heavy atom. The molecule has 7 rings (SSSR count). The molecule has 45 heavy (non-hydrogen) atoms. The molecule has 2 amide bonds. The smallest absolute Gasteiger partial charge is 0.255 e. The van der Waals surface area contributed by atoms with E-state index in [2.05, 4.69) is 9.97 Å². The number of benzene rings is 2. The average molecular weight is 611 g/mol. The summed E-state index contributed by atoms with van der Waals surface area (Å²) in [5.41, 5.74) is 5.95. The van der Waals surface area contributed by atoms with E-state index in [4.69, 9.17) is 4.42 Å². The van der Waals surface area contributed by atoms with Gasteiger partial charge in [-0.05, 0) is 65.2 Å². The minimum Gasteiger partial charge on any atom is -0.460 e. The van der Waals surface area contributed by atoms with Crippen molar-refractivity contribution < 1.29 is 27.2 Å². The molecule has 10 heteroatoms. The van der Waals surface area contributed by atoms with Crippen LogP contribution in [0.3, 0.4) is 0 Å². The quantitative estimate of drug-likeness (QED) is 0.206. The lowest BCUT2D eigenvalue weighted by atomic mass is 9.98. The molecule has 0 aliphatic carbocycles. The van der Waals surface area contributed by atoms with Crippen molar-refractivity contribution in [3.63, 3.8) is 0 Å². The van der Waals surface area contributed by atoms with E-state index < -0.39 is 5.92 Å². The van der Waals surface area contributed by atoms with Crippen LogP contribution >= 0.6 is 0 Å². The van der Waals surface area contributed by atoms with Gasteiger partial charge in [-0.2, -0.15) is 0 Å². The first-order valence-electron chi connectivity index (χ1n) is 14.9. The molecular weight excluding hydrogens is 581 g/mol. The van der Waals surface area contributed by atoms with Gasteiger partial charge in [-0.1, -0.05) is 12.1 Å². The highest BCUT2D eigenvalue weighted by Crippen LogP contribution is 2.36. The maximum absolute atomic E-state index is 13.8. The number of likely N-dealkylation sites (tertiary alicyclic amines) is 1. The number of pyridine rings is 2. The van der Waals surface area contributed by atoms with Gasteiger partial charge < -0.3 is 14.2 Å². The van der Waals surface area contributed by atoms with Crippen LogP contribution in [0, 0.1) is 5.82 Å². The molecule has 0 N–H and O–H groups in total. The molecule has 2 aliphatic heterocycles. The number of carbonyl (C=O) groups excluding carboxylic acids is 2. The van der Waals surface area contributed by atoms with Crippen LogP contribution in [0.2, 0.25) is 0 Å². The number of aromatic nitrogens is 2. The van der Waals surface area contributed by atoms with Gasteiger partial charge in [-0.25, -0.2) is 13.2 Å². The average Bonchev–Trinajstić information content (AvgIpc) is 3.68. The van der Waals surface area contributed by atoms with E-state index in [-0.39, 0.29) is 50.0 Å². The zero-order valence-corrected chi connectivity index (χ0v) is 24.3. The van der Waals surface area contributed by atoms with Gasteiger partial charge in [0.15, 0.2) is 0 Å². The number of rotatable bonds is 6. The first-order valence-corrected chi connectivity index (χ1v) is 14.9. The second-order valence-electron chi connectivity index (χ2n) is 11.6. The lowest BCUT2D eigenvalue weighted by Gasteiger charge is -2.31. The van der Waals surface area contributed by atoms with Crippen molar-refractivity contribution in [2.24, 2.45) is 0 Å². The highest BCUT2D eigenvalue weighted by atomic mass is 19.3. The van der Waals surface area contributed by atoms with Crippen LogP contribution in [0.25, 0.3) is 33.4 Å². The number of nitrogens with zero attached hydrogens (tertiary/aromatic N) is 4. The highest BCUT2D eigenvalue weighted by Gasteiger charge is 2.36. The van der Waals surface area contributed by atoms with E-state index in [1.54, 1.807) is 36.7 Å².